The maximum atomic E-state index is 7.55. The number of rotatable bonds is 31. The van der Waals surface area contributed by atoms with Gasteiger partial charge in [-0.1, -0.05) is 41.5 Å². The second-order valence-electron chi connectivity index (χ2n) is 65.3. The molecule has 29 heteroatoms. The van der Waals surface area contributed by atoms with E-state index in [1.165, 1.54) is 0 Å². The number of piperidine rings is 11. The number of hydrazine groups is 3. The predicted molar refractivity (Wildman–Crippen MR) is 620 cm³/mol. The Balaban J connectivity index is 0.818. The molecule has 11 saturated heterocycles. The first-order valence-corrected chi connectivity index (χ1v) is 59.6. The van der Waals surface area contributed by atoms with Crippen LogP contribution in [0.25, 0.3) is 0 Å². The molecule has 0 bridgehead atoms. The van der Waals surface area contributed by atoms with E-state index in [9.17, 15) is 0 Å². The zero-order valence-electron chi connectivity index (χ0n) is 104. The van der Waals surface area contributed by atoms with E-state index < -0.39 is 0 Å². The van der Waals surface area contributed by atoms with E-state index in [0.717, 1.165) is 254 Å². The summed E-state index contributed by atoms with van der Waals surface area (Å²) in [5.74, 6) is 6.21. The maximum Gasteiger partial charge on any atom is 0.157 e. The summed E-state index contributed by atoms with van der Waals surface area (Å²) < 4.78 is 0. The van der Waals surface area contributed by atoms with Crippen LogP contribution in [0, 0.1) is 0 Å². The van der Waals surface area contributed by atoms with Gasteiger partial charge in [-0.05, 0) is 472 Å². The quantitative estimate of drug-likeness (QED) is 0.0288. The third-order valence-electron chi connectivity index (χ3n) is 34.7. The van der Waals surface area contributed by atoms with Crippen LogP contribution in [0.15, 0.2) is 51.0 Å². The predicted octanol–water partition coefficient (Wildman–Crippen LogP) is 20.0. The lowest BCUT2D eigenvalue weighted by atomic mass is 9.75. The summed E-state index contributed by atoms with van der Waals surface area (Å²) in [7, 11) is 0. The lowest BCUT2D eigenvalue weighted by molar-refractivity contribution is -0.245. The van der Waals surface area contributed by atoms with Gasteiger partial charge in [0.05, 0.1) is 18.3 Å². The van der Waals surface area contributed by atoms with E-state index in [1.54, 1.807) is 0 Å². The fraction of sp³-hybridized carbons (Fsp3) is 0.925. The Labute approximate surface area is 909 Å². The van der Waals surface area contributed by atoms with Gasteiger partial charge in [0.25, 0.3) is 0 Å². The lowest BCUT2D eigenvalue weighted by Crippen LogP contribution is -2.68. The van der Waals surface area contributed by atoms with Crippen molar-refractivity contribution in [2.45, 2.75) is 686 Å². The molecule has 0 amide bonds. The Hall–Kier alpha value is -4.73. The molecule has 14 heterocycles. The highest BCUT2D eigenvalue weighted by molar-refractivity contribution is 5.95. The molecule has 0 aromatic carbocycles. The first-order chi connectivity index (χ1) is 67.6. The fourth-order valence-electron chi connectivity index (χ4n) is 34.5. The Kier molecular flexibility index (Phi) is 33.9. The smallest absolute Gasteiger partial charge is 0.157 e. The van der Waals surface area contributed by atoms with Crippen molar-refractivity contribution in [1.82, 2.24) is 120 Å². The van der Waals surface area contributed by atoms with Gasteiger partial charge in [-0.25, -0.2) is 30.8 Å². The van der Waals surface area contributed by atoms with Crippen molar-refractivity contribution in [3.8, 4) is 0 Å². The van der Waals surface area contributed by atoms with E-state index in [2.05, 4.69) is 427 Å². The van der Waals surface area contributed by atoms with Crippen molar-refractivity contribution in [2.24, 2.45) is 15.3 Å². The highest BCUT2D eigenvalue weighted by Crippen LogP contribution is 2.48. The third kappa shape index (κ3) is 33.2. The first kappa shape index (κ1) is 120. The standard InChI is InChI=1S/C120H228N26O3/c1-99(2)60-82(61-100(3,4)127-99)139(94-58-97(125-145(122-94)148-91-78-117(37,38)136-118(39,40)79-91)142(86-68-107(17,18)131-108(19,20)69-86)87-70-109(21,22)132-110(23,24)71-87)55-51-47-45-49-53-138(93-57-96(124-144(121-93)147-90-76-115(33,34)135-116(35,36)77-90)141(84-64-103(9,10)129-104(11,12)65-84)85-66-105(13,14)130-106(15,16)67-85)54-50-46-48-52-56-140(83-62-101(5,6)128-102(7,8)63-83)95-59-98(126-146(123-95)149-92-80-119(41,42)137-120(43,44)81-92)143(88-72-111(25,26)133-112(27,28)73-88)89-74-113(29,30)134-114(31,32)75-89/h57-59,82-92,121-123,127-137H,45-56,60-81H2,1-44H3. The minimum absolute atomic E-state index is 0.0859. The molecule has 11 fully saturated rings. The molecule has 0 radical (unpaired) electrons. The number of hydrogen-bond acceptors (Lipinski definition) is 29. The van der Waals surface area contributed by atoms with Crippen molar-refractivity contribution in [3.63, 3.8) is 0 Å². The number of unbranched alkanes of at least 4 members (excludes halogenated alkanes) is 6. The third-order valence-corrected chi connectivity index (χ3v) is 34.7. The Bertz CT molecular complexity index is 4260. The van der Waals surface area contributed by atoms with Gasteiger partial charge in [0.1, 0.15) is 17.5 Å². The molecule has 149 heavy (non-hydrogen) atoms. The molecule has 0 aliphatic carbocycles. The molecule has 0 aromatic rings. The van der Waals surface area contributed by atoms with Crippen molar-refractivity contribution >= 4 is 17.5 Å². The number of nitrogens with zero attached hydrogens (tertiary/aromatic N) is 12. The van der Waals surface area contributed by atoms with Crippen molar-refractivity contribution in [3.05, 3.63) is 35.7 Å². The SMILES string of the molecule is CC1(C)CC(ON2N=C(N(C3CC(C)(C)NC(C)(C)C3)C3CC(C)(C)NC(C)(C)C3)C=C(N(CCCCCCN(C3=CC(N(C4CC(C)(C)NC(C)(C)C4)C4CC(C)(C)NC(C)(C)C4)=NN(OC4CC(C)(C)NC(C)(C)C4)N3)C3CC(C)(C)NC(C)(C)C3)CCCCCCN(C3=CC(N(C4CC(C)(C)NC(C)(C)C4)C4CC(C)(C)NC(C)(C)C4)=NN(OC4CC(C)(C)NC(C)(C)C4)N3)C3CC(C)(C)NC(C)(C)C3)N2)CC(C)(C)N1. The average molecular weight is 2080 g/mol. The van der Waals surface area contributed by atoms with Gasteiger partial charge in [0, 0.05) is 215 Å². The van der Waals surface area contributed by atoms with E-state index in [4.69, 9.17) is 29.8 Å². The number of hydrogen-bond donors (Lipinski definition) is 14. The van der Waals surface area contributed by atoms with E-state index in [0.29, 0.717) is 0 Å². The monoisotopic (exact) mass is 2080 g/mol. The molecule has 0 saturated carbocycles. The van der Waals surface area contributed by atoms with Crippen molar-refractivity contribution in [1.29, 1.82) is 0 Å². The van der Waals surface area contributed by atoms with Gasteiger partial charge in [-0.2, -0.15) is 0 Å². The van der Waals surface area contributed by atoms with Gasteiger partial charge < -0.3 is 87.9 Å². The fourth-order valence-corrected chi connectivity index (χ4v) is 34.5. The molecule has 14 aliphatic rings. The number of hydrazone groups is 3. The van der Waals surface area contributed by atoms with Crippen LogP contribution in [0.2, 0.25) is 0 Å². The molecular weight excluding hydrogens is 1850 g/mol. The van der Waals surface area contributed by atoms with Crippen LogP contribution in [0.4, 0.5) is 0 Å². The molecule has 0 unspecified atom stereocenters. The summed E-state index contributed by atoms with van der Waals surface area (Å²) in [5.41, 5.74) is 9.35. The maximum absolute atomic E-state index is 7.55. The molecular formula is C120H228N26O3. The summed E-state index contributed by atoms with van der Waals surface area (Å²) in [5, 5.41) is 67.9. The molecule has 29 nitrogen and oxygen atoms in total. The van der Waals surface area contributed by atoms with Crippen LogP contribution >= 0.6 is 0 Å². The van der Waals surface area contributed by atoms with Crippen LogP contribution in [-0.4, -0.2) is 277 Å². The summed E-state index contributed by atoms with van der Waals surface area (Å²) in [6.45, 7) is 109. The highest BCUT2D eigenvalue weighted by Gasteiger charge is 2.56. The van der Waals surface area contributed by atoms with Crippen LogP contribution in [0.1, 0.15) is 497 Å². The first-order valence-electron chi connectivity index (χ1n) is 59.6. The lowest BCUT2D eigenvalue weighted by Gasteiger charge is -2.56. The van der Waals surface area contributed by atoms with Gasteiger partial charge in [0.15, 0.2) is 17.5 Å². The Morgan fingerprint density at radius 3 is 0.530 bits per heavy atom. The number of nitrogens with one attached hydrogen (secondary N) is 14. The molecule has 14 N–H and O–H groups in total. The van der Waals surface area contributed by atoms with Gasteiger partial charge in [0.2, 0.25) is 0 Å². The molecule has 14 aliphatic heterocycles. The minimum atomic E-state index is -0.161. The van der Waals surface area contributed by atoms with Crippen LogP contribution in [0.5, 0.6) is 0 Å². The Morgan fingerprint density at radius 2 is 0.349 bits per heavy atom. The zero-order chi connectivity index (χ0) is 110. The molecule has 14 rings (SSSR count). The topological polar surface area (TPSA) is 262 Å². The zero-order valence-corrected chi connectivity index (χ0v) is 104. The molecule has 0 atom stereocenters. The van der Waals surface area contributed by atoms with Crippen molar-refractivity contribution < 1.29 is 14.5 Å². The van der Waals surface area contributed by atoms with E-state index in [1.807, 2.05) is 15.8 Å². The van der Waals surface area contributed by atoms with Gasteiger partial charge in [-0.15, -0.1) is 15.3 Å². The van der Waals surface area contributed by atoms with Gasteiger partial charge in [-0.3, -0.25) is 0 Å². The summed E-state index contributed by atoms with van der Waals surface area (Å²) in [4.78, 5) is 39.3. The average Bonchev–Trinajstić information content (AvgIpc) is 0.749. The van der Waals surface area contributed by atoms with Crippen LogP contribution < -0.4 is 74.8 Å². The minimum Gasteiger partial charge on any atom is -0.357 e. The molecule has 0 aromatic heterocycles. The summed E-state index contributed by atoms with van der Waals surface area (Å²) in [6, 6.07) is 1.64. The normalized spacial score (nSPS) is 29.4. The van der Waals surface area contributed by atoms with Gasteiger partial charge >= 0.3 is 0 Å². The van der Waals surface area contributed by atoms with Crippen LogP contribution in [-0.2, 0) is 14.5 Å². The van der Waals surface area contributed by atoms with E-state index >= 15 is 0 Å². The molecule has 0 spiro atoms. The van der Waals surface area contributed by atoms with E-state index in [-0.39, 0.29) is 189 Å². The highest BCUT2D eigenvalue weighted by atomic mass is 16.8. The molecule has 856 valence electrons. The largest absolute Gasteiger partial charge is 0.357 e. The summed E-state index contributed by atoms with van der Waals surface area (Å²) in [6.07, 6.45) is 36.3. The second-order valence-corrected chi connectivity index (χ2v) is 65.3. The second kappa shape index (κ2) is 42.2. The summed E-state index contributed by atoms with van der Waals surface area (Å²) >= 11 is 0. The number of amidine groups is 3. The van der Waals surface area contributed by atoms with Crippen LogP contribution in [0.3, 0.4) is 0 Å². The van der Waals surface area contributed by atoms with Crippen molar-refractivity contribution in [2.75, 3.05) is 26.2 Å². The Morgan fingerprint density at radius 1 is 0.201 bits per heavy atom.